The highest BCUT2D eigenvalue weighted by atomic mass is 16.3. The number of carbonyl (C=O) groups excluding carboxylic acids is 2. The summed E-state index contributed by atoms with van der Waals surface area (Å²) in [5, 5.41) is 0. The molecule has 1 saturated heterocycles. The highest BCUT2D eigenvalue weighted by Gasteiger charge is 2.28. The molecule has 2 amide bonds. The summed E-state index contributed by atoms with van der Waals surface area (Å²) in [5.74, 6) is 0.441. The van der Waals surface area contributed by atoms with E-state index < -0.39 is 5.91 Å². The van der Waals surface area contributed by atoms with Crippen molar-refractivity contribution in [3.8, 4) is 0 Å². The van der Waals surface area contributed by atoms with Gasteiger partial charge >= 0.3 is 5.91 Å². The number of nitrogens with one attached hydrogen (secondary N) is 2. The van der Waals surface area contributed by atoms with E-state index in [-0.39, 0.29) is 11.7 Å². The molecule has 0 bridgehead atoms. The molecule has 0 spiro atoms. The first-order valence-electron chi connectivity index (χ1n) is 10.7. The van der Waals surface area contributed by atoms with Crippen molar-refractivity contribution in [1.29, 1.82) is 0 Å². The third-order valence-electron chi connectivity index (χ3n) is 5.97. The maximum absolute atomic E-state index is 12.9. The molecular weight excluding hydrogens is 366 g/mol. The standard InChI is InChI=1S/C23H29N3O3/c1-2-11-26-12-9-17(10-13-26)20-15-18(16-5-6-16)7-8-19(20)22(27)24-25-23(28)21-4-3-14-29-21/h3-4,7-8,14-17H,2,5-6,9-13H2,1H3,(H,24,27)(H,25,28). The lowest BCUT2D eigenvalue weighted by atomic mass is 9.84. The maximum atomic E-state index is 12.9. The summed E-state index contributed by atoms with van der Waals surface area (Å²) < 4.78 is 5.06. The van der Waals surface area contributed by atoms with Crippen molar-refractivity contribution < 1.29 is 14.0 Å². The molecule has 0 atom stereocenters. The van der Waals surface area contributed by atoms with Crippen molar-refractivity contribution in [3.63, 3.8) is 0 Å². The van der Waals surface area contributed by atoms with Crippen LogP contribution in [0.2, 0.25) is 0 Å². The van der Waals surface area contributed by atoms with Gasteiger partial charge in [-0.15, -0.1) is 0 Å². The van der Waals surface area contributed by atoms with Gasteiger partial charge in [0, 0.05) is 5.56 Å². The molecule has 1 aliphatic carbocycles. The number of likely N-dealkylation sites (tertiary alicyclic amines) is 1. The Bertz CT molecular complexity index is 850. The zero-order valence-corrected chi connectivity index (χ0v) is 16.9. The van der Waals surface area contributed by atoms with E-state index in [1.165, 1.54) is 31.1 Å². The van der Waals surface area contributed by atoms with Crippen LogP contribution in [-0.4, -0.2) is 36.3 Å². The lowest BCUT2D eigenvalue weighted by molar-refractivity contribution is 0.0830. The van der Waals surface area contributed by atoms with Crippen molar-refractivity contribution in [1.82, 2.24) is 15.8 Å². The number of nitrogens with zero attached hydrogens (tertiary/aromatic N) is 1. The highest BCUT2D eigenvalue weighted by molar-refractivity contribution is 5.99. The zero-order chi connectivity index (χ0) is 20.2. The largest absolute Gasteiger partial charge is 0.459 e. The third kappa shape index (κ3) is 4.70. The van der Waals surface area contributed by atoms with Crippen LogP contribution in [0.3, 0.4) is 0 Å². The fourth-order valence-electron chi connectivity index (χ4n) is 4.23. The number of hydrazine groups is 1. The number of benzene rings is 1. The highest BCUT2D eigenvalue weighted by Crippen LogP contribution is 2.42. The van der Waals surface area contributed by atoms with E-state index in [4.69, 9.17) is 4.42 Å². The van der Waals surface area contributed by atoms with E-state index in [0.29, 0.717) is 17.4 Å². The van der Waals surface area contributed by atoms with Crippen molar-refractivity contribution in [2.45, 2.75) is 50.9 Å². The quantitative estimate of drug-likeness (QED) is 0.729. The second-order valence-corrected chi connectivity index (χ2v) is 8.12. The summed E-state index contributed by atoms with van der Waals surface area (Å²) in [7, 11) is 0. The average molecular weight is 396 g/mol. The van der Waals surface area contributed by atoms with Crippen LogP contribution in [0.1, 0.15) is 82.9 Å². The molecule has 29 heavy (non-hydrogen) atoms. The summed E-state index contributed by atoms with van der Waals surface area (Å²) in [4.78, 5) is 27.4. The van der Waals surface area contributed by atoms with Crippen molar-refractivity contribution in [3.05, 3.63) is 59.0 Å². The number of hydrogen-bond acceptors (Lipinski definition) is 4. The van der Waals surface area contributed by atoms with Crippen molar-refractivity contribution in [2.75, 3.05) is 19.6 Å². The molecule has 1 saturated carbocycles. The van der Waals surface area contributed by atoms with Crippen LogP contribution < -0.4 is 10.9 Å². The first-order valence-corrected chi connectivity index (χ1v) is 10.7. The van der Waals surface area contributed by atoms with E-state index in [1.807, 2.05) is 6.07 Å². The molecule has 0 radical (unpaired) electrons. The predicted molar refractivity (Wildman–Crippen MR) is 111 cm³/mol. The van der Waals surface area contributed by atoms with Crippen molar-refractivity contribution in [2.24, 2.45) is 0 Å². The SMILES string of the molecule is CCCN1CCC(c2cc(C3CC3)ccc2C(=O)NNC(=O)c2ccco2)CC1. The van der Waals surface area contributed by atoms with Crippen LogP contribution in [0.25, 0.3) is 0 Å². The van der Waals surface area contributed by atoms with Gasteiger partial charge in [-0.1, -0.05) is 19.1 Å². The van der Waals surface area contributed by atoms with Gasteiger partial charge in [0.2, 0.25) is 0 Å². The van der Waals surface area contributed by atoms with Crippen LogP contribution in [0, 0.1) is 0 Å². The number of hydrogen-bond donors (Lipinski definition) is 2. The van der Waals surface area contributed by atoms with E-state index in [1.54, 1.807) is 12.1 Å². The molecule has 4 rings (SSSR count). The molecule has 6 heteroatoms. The average Bonchev–Trinajstić information content (AvgIpc) is 3.46. The van der Waals surface area contributed by atoms with Crippen LogP contribution in [0.4, 0.5) is 0 Å². The molecule has 2 heterocycles. The molecular formula is C23H29N3O3. The van der Waals surface area contributed by atoms with Gasteiger partial charge in [0.15, 0.2) is 5.76 Å². The predicted octanol–water partition coefficient (Wildman–Crippen LogP) is 3.82. The first-order chi connectivity index (χ1) is 14.2. The second-order valence-electron chi connectivity index (χ2n) is 8.12. The Morgan fingerprint density at radius 1 is 1.03 bits per heavy atom. The number of rotatable bonds is 6. The van der Waals surface area contributed by atoms with Gasteiger partial charge in [-0.2, -0.15) is 0 Å². The molecule has 1 aromatic carbocycles. The van der Waals surface area contributed by atoms with Crippen LogP contribution in [0.15, 0.2) is 41.0 Å². The Hall–Kier alpha value is -2.60. The maximum Gasteiger partial charge on any atom is 0.305 e. The van der Waals surface area contributed by atoms with E-state index in [0.717, 1.165) is 38.0 Å². The number of amides is 2. The summed E-state index contributed by atoms with van der Waals surface area (Å²) in [6.07, 6.45) is 7.19. The summed E-state index contributed by atoms with van der Waals surface area (Å²) in [6.45, 7) is 5.50. The van der Waals surface area contributed by atoms with Gasteiger partial charge in [-0.3, -0.25) is 20.4 Å². The van der Waals surface area contributed by atoms with E-state index in [9.17, 15) is 9.59 Å². The number of furan rings is 1. The van der Waals surface area contributed by atoms with Crippen molar-refractivity contribution >= 4 is 11.8 Å². The lowest BCUT2D eigenvalue weighted by Gasteiger charge is -2.32. The van der Waals surface area contributed by atoms with Crippen LogP contribution in [0.5, 0.6) is 0 Å². The Morgan fingerprint density at radius 2 is 1.79 bits per heavy atom. The minimum atomic E-state index is -0.465. The monoisotopic (exact) mass is 395 g/mol. The molecule has 2 N–H and O–H groups in total. The number of carbonyl (C=O) groups is 2. The zero-order valence-electron chi connectivity index (χ0n) is 16.9. The fraction of sp³-hybridized carbons (Fsp3) is 0.478. The smallest absolute Gasteiger partial charge is 0.305 e. The molecule has 6 nitrogen and oxygen atoms in total. The van der Waals surface area contributed by atoms with Gasteiger partial charge in [0.05, 0.1) is 6.26 Å². The summed E-state index contributed by atoms with van der Waals surface area (Å²) in [5.41, 5.74) is 8.11. The summed E-state index contributed by atoms with van der Waals surface area (Å²) in [6, 6.07) is 9.42. The molecule has 154 valence electrons. The van der Waals surface area contributed by atoms with Gasteiger partial charge in [-0.05, 0) is 92.9 Å². The van der Waals surface area contributed by atoms with Crippen LogP contribution >= 0.6 is 0 Å². The second kappa shape index (κ2) is 8.82. The normalized spacial score (nSPS) is 17.8. The molecule has 0 unspecified atom stereocenters. The minimum Gasteiger partial charge on any atom is -0.459 e. The van der Waals surface area contributed by atoms with Gasteiger partial charge < -0.3 is 9.32 Å². The Kier molecular flexibility index (Phi) is 6.00. The molecule has 2 aliphatic rings. The molecule has 1 aliphatic heterocycles. The van der Waals surface area contributed by atoms with Gasteiger partial charge in [-0.25, -0.2) is 0 Å². The Balaban J connectivity index is 1.48. The summed E-state index contributed by atoms with van der Waals surface area (Å²) >= 11 is 0. The van der Waals surface area contributed by atoms with Gasteiger partial charge in [0.1, 0.15) is 0 Å². The Labute approximate surface area is 171 Å². The van der Waals surface area contributed by atoms with Gasteiger partial charge in [0.25, 0.3) is 5.91 Å². The van der Waals surface area contributed by atoms with E-state index >= 15 is 0 Å². The topological polar surface area (TPSA) is 74.6 Å². The van der Waals surface area contributed by atoms with E-state index in [2.05, 4.69) is 34.8 Å². The molecule has 2 aromatic rings. The lowest BCUT2D eigenvalue weighted by Crippen LogP contribution is -2.42. The molecule has 2 fully saturated rings. The minimum absolute atomic E-state index is 0.165. The first kappa shape index (κ1) is 19.7. The Morgan fingerprint density at radius 3 is 2.45 bits per heavy atom. The number of piperidine rings is 1. The molecule has 1 aromatic heterocycles. The third-order valence-corrected chi connectivity index (χ3v) is 5.97. The fourth-order valence-corrected chi connectivity index (χ4v) is 4.23. The van der Waals surface area contributed by atoms with Crippen LogP contribution in [-0.2, 0) is 0 Å².